The molecule has 4 aromatic heterocycles. The first-order valence-electron chi connectivity index (χ1n) is 12.2. The topological polar surface area (TPSA) is 119 Å². The lowest BCUT2D eigenvalue weighted by Crippen LogP contribution is -2.55. The van der Waals surface area contributed by atoms with E-state index in [0.29, 0.717) is 29.2 Å². The second-order valence-corrected chi connectivity index (χ2v) is 11.0. The Balaban J connectivity index is 1.13. The van der Waals surface area contributed by atoms with Gasteiger partial charge in [0.2, 0.25) is 5.91 Å². The van der Waals surface area contributed by atoms with Crippen molar-refractivity contribution < 1.29 is 14.3 Å². The van der Waals surface area contributed by atoms with Crippen molar-refractivity contribution in [3.8, 4) is 10.4 Å². The number of nitrogens with one attached hydrogen (secondary N) is 2. The highest BCUT2D eigenvalue weighted by atomic mass is 32.1. The van der Waals surface area contributed by atoms with Gasteiger partial charge in [-0.1, -0.05) is 0 Å². The number of pyridine rings is 1. The zero-order valence-electron chi connectivity index (χ0n) is 20.7. The standard InChI is InChI=1S/C25H28N8O3S/c1-16-20(6-18(8-26-16)29-22(34)12-32-5-3-4-25(13-32)14-36-15-25)30-23(35)19-9-28-33-11-21(37-24(19)33)17-7-27-31(2)10-17/h6-11H,3-5,12-15H2,1-2H3,(H,29,34)(H,30,35). The lowest BCUT2D eigenvalue weighted by Gasteiger charge is -2.48. The van der Waals surface area contributed by atoms with Crippen LogP contribution in [0.4, 0.5) is 11.4 Å². The Morgan fingerprint density at radius 2 is 2.03 bits per heavy atom. The van der Waals surface area contributed by atoms with E-state index in [0.717, 1.165) is 54.4 Å². The van der Waals surface area contributed by atoms with Gasteiger partial charge in [0.15, 0.2) is 0 Å². The van der Waals surface area contributed by atoms with Crippen molar-refractivity contribution in [1.29, 1.82) is 0 Å². The first-order chi connectivity index (χ1) is 17.9. The summed E-state index contributed by atoms with van der Waals surface area (Å²) in [5.74, 6) is -0.385. The van der Waals surface area contributed by atoms with Gasteiger partial charge in [-0.3, -0.25) is 24.2 Å². The Morgan fingerprint density at radius 1 is 1.16 bits per heavy atom. The van der Waals surface area contributed by atoms with Gasteiger partial charge in [-0.2, -0.15) is 10.2 Å². The van der Waals surface area contributed by atoms with Crippen LogP contribution in [-0.2, 0) is 16.6 Å². The first-order valence-corrected chi connectivity index (χ1v) is 13.0. The zero-order valence-corrected chi connectivity index (χ0v) is 21.5. The molecule has 0 aliphatic carbocycles. The third kappa shape index (κ3) is 4.75. The van der Waals surface area contributed by atoms with Gasteiger partial charge in [0.1, 0.15) is 4.83 Å². The van der Waals surface area contributed by atoms with Crippen molar-refractivity contribution in [2.75, 3.05) is 43.5 Å². The predicted molar refractivity (Wildman–Crippen MR) is 140 cm³/mol. The highest BCUT2D eigenvalue weighted by Crippen LogP contribution is 2.37. The summed E-state index contributed by atoms with van der Waals surface area (Å²) >= 11 is 1.47. The van der Waals surface area contributed by atoms with Gasteiger partial charge in [0.25, 0.3) is 5.91 Å². The van der Waals surface area contributed by atoms with Crippen LogP contribution in [0.2, 0.25) is 0 Å². The quantitative estimate of drug-likeness (QED) is 0.401. The monoisotopic (exact) mass is 520 g/mol. The number of thiazole rings is 1. The second-order valence-electron chi connectivity index (χ2n) is 9.97. The van der Waals surface area contributed by atoms with Crippen LogP contribution < -0.4 is 10.6 Å². The molecule has 11 nitrogen and oxygen atoms in total. The summed E-state index contributed by atoms with van der Waals surface area (Å²) in [6.07, 6.45) is 11.0. The van der Waals surface area contributed by atoms with Crippen LogP contribution in [0.1, 0.15) is 28.9 Å². The maximum atomic E-state index is 13.2. The number of ether oxygens (including phenoxy) is 1. The molecule has 192 valence electrons. The molecule has 12 heteroatoms. The van der Waals surface area contributed by atoms with Crippen LogP contribution >= 0.6 is 11.3 Å². The van der Waals surface area contributed by atoms with Crippen LogP contribution in [0.25, 0.3) is 15.3 Å². The molecular formula is C25H28N8O3S. The Morgan fingerprint density at radius 3 is 2.78 bits per heavy atom. The summed E-state index contributed by atoms with van der Waals surface area (Å²) in [4.78, 5) is 34.2. The van der Waals surface area contributed by atoms with Crippen LogP contribution in [0, 0.1) is 12.3 Å². The molecule has 0 aromatic carbocycles. The highest BCUT2D eigenvalue weighted by Gasteiger charge is 2.42. The fourth-order valence-corrected chi connectivity index (χ4v) is 6.05. The van der Waals surface area contributed by atoms with Crippen LogP contribution in [0.3, 0.4) is 0 Å². The highest BCUT2D eigenvalue weighted by molar-refractivity contribution is 7.21. The Kier molecular flexibility index (Phi) is 6.01. The molecule has 6 heterocycles. The molecule has 2 N–H and O–H groups in total. The van der Waals surface area contributed by atoms with E-state index >= 15 is 0 Å². The summed E-state index contributed by atoms with van der Waals surface area (Å²) in [6.45, 7) is 5.51. The summed E-state index contributed by atoms with van der Waals surface area (Å²) in [5, 5.41) is 14.4. The maximum absolute atomic E-state index is 13.2. The molecule has 2 saturated heterocycles. The van der Waals surface area contributed by atoms with E-state index in [9.17, 15) is 9.59 Å². The number of carbonyl (C=O) groups is 2. The van der Waals surface area contributed by atoms with Gasteiger partial charge >= 0.3 is 0 Å². The number of hydrogen-bond acceptors (Lipinski definition) is 8. The molecule has 0 saturated carbocycles. The predicted octanol–water partition coefficient (Wildman–Crippen LogP) is 2.80. The van der Waals surface area contributed by atoms with E-state index in [4.69, 9.17) is 4.74 Å². The van der Waals surface area contributed by atoms with Crippen molar-refractivity contribution in [1.82, 2.24) is 29.3 Å². The Bertz CT molecular complexity index is 1480. The normalized spacial score (nSPS) is 17.1. The fourth-order valence-electron chi connectivity index (χ4n) is 5.02. The van der Waals surface area contributed by atoms with Gasteiger partial charge < -0.3 is 15.4 Å². The number of carbonyl (C=O) groups excluding carboxylic acids is 2. The van der Waals surface area contributed by atoms with Gasteiger partial charge in [-0.25, -0.2) is 4.52 Å². The number of anilines is 2. The second kappa shape index (κ2) is 9.36. The van der Waals surface area contributed by atoms with Crippen LogP contribution in [-0.4, -0.2) is 73.9 Å². The molecular weight excluding hydrogens is 492 g/mol. The minimum absolute atomic E-state index is 0.0971. The van der Waals surface area contributed by atoms with E-state index in [1.54, 1.807) is 33.9 Å². The van der Waals surface area contributed by atoms with Crippen molar-refractivity contribution >= 4 is 39.4 Å². The molecule has 2 aliphatic heterocycles. The molecule has 2 amide bonds. The van der Waals surface area contributed by atoms with E-state index < -0.39 is 0 Å². The smallest absolute Gasteiger partial charge is 0.260 e. The average molecular weight is 521 g/mol. The molecule has 0 radical (unpaired) electrons. The van der Waals surface area contributed by atoms with Crippen LogP contribution in [0.5, 0.6) is 0 Å². The molecule has 37 heavy (non-hydrogen) atoms. The van der Waals surface area contributed by atoms with E-state index in [1.165, 1.54) is 11.3 Å². The SMILES string of the molecule is Cc1ncc(NC(=O)CN2CCCC3(COC3)C2)cc1NC(=O)c1cnn2cc(-c3cnn(C)c3)sc12. The first kappa shape index (κ1) is 23.8. The molecule has 1 spiro atoms. The number of aryl methyl sites for hydroxylation is 2. The summed E-state index contributed by atoms with van der Waals surface area (Å²) in [6, 6.07) is 1.74. The summed E-state index contributed by atoms with van der Waals surface area (Å²) in [5.41, 5.74) is 3.39. The van der Waals surface area contributed by atoms with Crippen molar-refractivity contribution in [2.45, 2.75) is 19.8 Å². The van der Waals surface area contributed by atoms with Gasteiger partial charge in [-0.05, 0) is 32.4 Å². The largest absolute Gasteiger partial charge is 0.380 e. The molecule has 0 bridgehead atoms. The lowest BCUT2D eigenvalue weighted by molar-refractivity contribution is -0.146. The van der Waals surface area contributed by atoms with E-state index in [-0.39, 0.29) is 17.2 Å². The third-order valence-corrected chi connectivity index (χ3v) is 8.13. The molecule has 2 fully saturated rings. The summed E-state index contributed by atoms with van der Waals surface area (Å²) < 4.78 is 8.85. The molecule has 0 unspecified atom stereocenters. The van der Waals surface area contributed by atoms with Gasteiger partial charge in [-0.15, -0.1) is 11.3 Å². The molecule has 4 aromatic rings. The Labute approximate surface area is 217 Å². The van der Waals surface area contributed by atoms with Gasteiger partial charge in [0, 0.05) is 37.0 Å². The number of fused-ring (bicyclic) bond motifs is 1. The van der Waals surface area contributed by atoms with Crippen molar-refractivity contribution in [3.05, 3.63) is 48.3 Å². The molecule has 6 rings (SSSR count). The molecule has 0 atom stereocenters. The number of aromatic nitrogens is 5. The lowest BCUT2D eigenvalue weighted by atomic mass is 9.78. The zero-order chi connectivity index (χ0) is 25.6. The van der Waals surface area contributed by atoms with Crippen LogP contribution in [0.15, 0.2) is 37.1 Å². The number of piperidine rings is 1. The Hall–Kier alpha value is -3.61. The summed E-state index contributed by atoms with van der Waals surface area (Å²) in [7, 11) is 1.86. The number of rotatable bonds is 6. The van der Waals surface area contributed by atoms with Crippen molar-refractivity contribution in [3.63, 3.8) is 0 Å². The minimum Gasteiger partial charge on any atom is -0.380 e. The average Bonchev–Trinajstić information content (AvgIpc) is 3.56. The van der Waals surface area contributed by atoms with E-state index in [2.05, 4.69) is 30.7 Å². The number of hydrogen-bond donors (Lipinski definition) is 2. The fraction of sp³-hybridized carbons (Fsp3) is 0.400. The maximum Gasteiger partial charge on any atom is 0.260 e. The van der Waals surface area contributed by atoms with Gasteiger partial charge in [0.05, 0.1) is 65.9 Å². The van der Waals surface area contributed by atoms with E-state index in [1.807, 2.05) is 26.4 Å². The third-order valence-electron chi connectivity index (χ3n) is 6.97. The minimum atomic E-state index is -0.288. The number of nitrogens with zero attached hydrogens (tertiary/aromatic N) is 6. The number of likely N-dealkylation sites (tertiary alicyclic amines) is 1. The number of amides is 2. The van der Waals surface area contributed by atoms with Crippen molar-refractivity contribution in [2.24, 2.45) is 12.5 Å². The molecule has 2 aliphatic rings.